The Kier molecular flexibility index (Phi) is 5.00. The van der Waals surface area contributed by atoms with Crippen LogP contribution in [0.3, 0.4) is 0 Å². The maximum atomic E-state index is 12.5. The molecule has 1 aromatic heterocycles. The molecule has 1 aromatic carbocycles. The molecule has 0 unspecified atom stereocenters. The Labute approximate surface area is 140 Å². The smallest absolute Gasteiger partial charge is 0.256 e. The summed E-state index contributed by atoms with van der Waals surface area (Å²) in [6.07, 6.45) is 1.09. The number of benzene rings is 1. The lowest BCUT2D eigenvalue weighted by molar-refractivity contribution is 0.0938. The normalized spacial score (nSPS) is 10.6. The maximum absolute atomic E-state index is 12.5. The predicted octanol–water partition coefficient (Wildman–Crippen LogP) is 2.60. The highest BCUT2D eigenvalue weighted by Gasteiger charge is 2.18. The molecule has 2 aromatic rings. The van der Waals surface area contributed by atoms with Crippen molar-refractivity contribution in [3.05, 3.63) is 57.2 Å². The molecular formula is C16H15BrN2O4. The van der Waals surface area contributed by atoms with E-state index in [2.05, 4.69) is 21.2 Å². The van der Waals surface area contributed by atoms with Gasteiger partial charge in [-0.1, -0.05) is 15.9 Å². The first-order valence-electron chi connectivity index (χ1n) is 6.81. The number of nitrogens with one attached hydrogen (secondary N) is 2. The van der Waals surface area contributed by atoms with Crippen LogP contribution in [0.1, 0.15) is 40.1 Å². The molecule has 0 bridgehead atoms. The molecule has 0 radical (unpaired) electrons. The molecule has 2 rings (SSSR count). The first-order valence-corrected chi connectivity index (χ1v) is 7.60. The SMILES string of the molecule is CC(C)NC(=O)c1cc(C(=O)c2cc(Br)ccc2O)coc1=N. The summed E-state index contributed by atoms with van der Waals surface area (Å²) in [5.74, 6) is -1.19. The van der Waals surface area contributed by atoms with E-state index in [1.54, 1.807) is 19.9 Å². The van der Waals surface area contributed by atoms with Gasteiger partial charge >= 0.3 is 0 Å². The van der Waals surface area contributed by atoms with Crippen LogP contribution >= 0.6 is 15.9 Å². The van der Waals surface area contributed by atoms with Crippen molar-refractivity contribution in [2.24, 2.45) is 0 Å². The Morgan fingerprint density at radius 3 is 2.61 bits per heavy atom. The molecule has 3 N–H and O–H groups in total. The van der Waals surface area contributed by atoms with Gasteiger partial charge in [0.2, 0.25) is 5.55 Å². The molecule has 0 saturated carbocycles. The number of halogens is 1. The van der Waals surface area contributed by atoms with E-state index in [1.807, 2.05) is 0 Å². The Morgan fingerprint density at radius 2 is 1.96 bits per heavy atom. The monoisotopic (exact) mass is 378 g/mol. The van der Waals surface area contributed by atoms with Gasteiger partial charge in [-0.05, 0) is 38.1 Å². The van der Waals surface area contributed by atoms with E-state index in [0.29, 0.717) is 4.47 Å². The van der Waals surface area contributed by atoms with Crippen LogP contribution in [0.5, 0.6) is 5.75 Å². The molecule has 120 valence electrons. The van der Waals surface area contributed by atoms with E-state index >= 15 is 0 Å². The number of hydrogen-bond acceptors (Lipinski definition) is 5. The summed E-state index contributed by atoms with van der Waals surface area (Å²) in [4.78, 5) is 24.5. The van der Waals surface area contributed by atoms with Crippen molar-refractivity contribution in [3.63, 3.8) is 0 Å². The van der Waals surface area contributed by atoms with Crippen LogP contribution in [-0.2, 0) is 0 Å². The average Bonchev–Trinajstić information content (AvgIpc) is 2.48. The average molecular weight is 379 g/mol. The molecule has 6 nitrogen and oxygen atoms in total. The van der Waals surface area contributed by atoms with E-state index < -0.39 is 11.7 Å². The highest BCUT2D eigenvalue weighted by molar-refractivity contribution is 9.10. The minimum absolute atomic E-state index is 0.0426. The summed E-state index contributed by atoms with van der Waals surface area (Å²) < 4.78 is 5.63. The van der Waals surface area contributed by atoms with Gasteiger partial charge in [-0.15, -0.1) is 0 Å². The van der Waals surface area contributed by atoms with Crippen molar-refractivity contribution in [3.8, 4) is 5.75 Å². The minimum atomic E-state index is -0.508. The van der Waals surface area contributed by atoms with Crippen molar-refractivity contribution >= 4 is 27.6 Å². The summed E-state index contributed by atoms with van der Waals surface area (Å²) in [7, 11) is 0. The first kappa shape index (κ1) is 17.0. The summed E-state index contributed by atoms with van der Waals surface area (Å²) in [5.41, 5.74) is -0.233. The topological polar surface area (TPSA) is 103 Å². The van der Waals surface area contributed by atoms with Crippen molar-refractivity contribution < 1.29 is 19.1 Å². The van der Waals surface area contributed by atoms with Crippen LogP contribution in [-0.4, -0.2) is 22.8 Å². The molecule has 0 aliphatic heterocycles. The second kappa shape index (κ2) is 6.78. The number of hydrogen-bond donors (Lipinski definition) is 3. The van der Waals surface area contributed by atoms with Crippen molar-refractivity contribution in [1.29, 1.82) is 5.41 Å². The number of rotatable bonds is 4. The zero-order valence-electron chi connectivity index (χ0n) is 12.5. The molecule has 0 aliphatic carbocycles. The van der Waals surface area contributed by atoms with E-state index in [-0.39, 0.29) is 34.0 Å². The van der Waals surface area contributed by atoms with Gasteiger partial charge in [0.05, 0.1) is 11.1 Å². The van der Waals surface area contributed by atoms with Gasteiger partial charge in [-0.25, -0.2) is 0 Å². The molecule has 0 saturated heterocycles. The van der Waals surface area contributed by atoms with E-state index in [0.717, 1.165) is 6.26 Å². The third-order valence-corrected chi connectivity index (χ3v) is 3.47. The fraction of sp³-hybridized carbons (Fsp3) is 0.188. The molecule has 0 fully saturated rings. The van der Waals surface area contributed by atoms with Gasteiger partial charge in [0.15, 0.2) is 5.78 Å². The van der Waals surface area contributed by atoms with E-state index in [1.165, 1.54) is 18.2 Å². The second-order valence-corrected chi connectivity index (χ2v) is 6.11. The lowest BCUT2D eigenvalue weighted by Gasteiger charge is -2.09. The first-order chi connectivity index (χ1) is 10.8. The second-order valence-electron chi connectivity index (χ2n) is 5.20. The largest absolute Gasteiger partial charge is 0.507 e. The zero-order chi connectivity index (χ0) is 17.1. The van der Waals surface area contributed by atoms with Crippen LogP contribution in [0, 0.1) is 5.41 Å². The van der Waals surface area contributed by atoms with Crippen LogP contribution in [0.4, 0.5) is 0 Å². The fourth-order valence-corrected chi connectivity index (χ4v) is 2.28. The Balaban J connectivity index is 2.44. The maximum Gasteiger partial charge on any atom is 0.256 e. The Hall–Kier alpha value is -2.41. The van der Waals surface area contributed by atoms with E-state index in [4.69, 9.17) is 9.83 Å². The third-order valence-electron chi connectivity index (χ3n) is 2.98. The highest BCUT2D eigenvalue weighted by atomic mass is 79.9. The number of carbonyl (C=O) groups is 2. The van der Waals surface area contributed by atoms with Gasteiger partial charge in [-0.3, -0.25) is 15.0 Å². The van der Waals surface area contributed by atoms with Crippen molar-refractivity contribution in [2.45, 2.75) is 19.9 Å². The molecule has 23 heavy (non-hydrogen) atoms. The zero-order valence-corrected chi connectivity index (χ0v) is 14.1. The van der Waals surface area contributed by atoms with Gasteiger partial charge in [0.25, 0.3) is 5.91 Å². The molecule has 0 atom stereocenters. The minimum Gasteiger partial charge on any atom is -0.507 e. The van der Waals surface area contributed by atoms with Crippen LogP contribution < -0.4 is 10.9 Å². The molecule has 7 heteroatoms. The van der Waals surface area contributed by atoms with E-state index in [9.17, 15) is 14.7 Å². The molecule has 1 heterocycles. The number of ketones is 1. The molecular weight excluding hydrogens is 364 g/mol. The summed E-state index contributed by atoms with van der Waals surface area (Å²) in [6.45, 7) is 3.57. The van der Waals surface area contributed by atoms with Gasteiger partial charge in [0, 0.05) is 10.5 Å². The van der Waals surface area contributed by atoms with Crippen molar-refractivity contribution in [2.75, 3.05) is 0 Å². The number of carbonyl (C=O) groups excluding carboxylic acids is 2. The summed E-state index contributed by atoms with van der Waals surface area (Å²) in [5, 5.41) is 20.1. The predicted molar refractivity (Wildman–Crippen MR) is 86.4 cm³/mol. The van der Waals surface area contributed by atoms with Crippen molar-refractivity contribution in [1.82, 2.24) is 5.32 Å². The molecule has 1 amide bonds. The molecule has 0 aliphatic rings. The standard InChI is InChI=1S/C16H15BrN2O4/c1-8(2)19-16(22)12-5-9(7-23-15(12)18)14(21)11-6-10(17)3-4-13(11)20/h3-8,18,20H,1-2H3,(H,19,22). The Bertz CT molecular complexity index is 827. The number of aromatic hydroxyl groups is 1. The lowest BCUT2D eigenvalue weighted by Crippen LogP contribution is -2.33. The fourth-order valence-electron chi connectivity index (χ4n) is 1.91. The lowest BCUT2D eigenvalue weighted by atomic mass is 10.0. The third kappa shape index (κ3) is 3.87. The summed E-state index contributed by atoms with van der Waals surface area (Å²) >= 11 is 3.23. The summed E-state index contributed by atoms with van der Waals surface area (Å²) in [6, 6.07) is 5.63. The van der Waals surface area contributed by atoms with Gasteiger partial charge < -0.3 is 14.8 Å². The van der Waals surface area contributed by atoms with Gasteiger partial charge in [-0.2, -0.15) is 0 Å². The highest BCUT2D eigenvalue weighted by Crippen LogP contribution is 2.24. The van der Waals surface area contributed by atoms with Gasteiger partial charge in [0.1, 0.15) is 17.6 Å². The number of amides is 1. The van der Waals surface area contributed by atoms with Crippen LogP contribution in [0.25, 0.3) is 0 Å². The molecule has 0 spiro atoms. The Morgan fingerprint density at radius 1 is 1.26 bits per heavy atom. The van der Waals surface area contributed by atoms with Crippen LogP contribution in [0.2, 0.25) is 0 Å². The quantitative estimate of drug-likeness (QED) is 0.711. The van der Waals surface area contributed by atoms with Crippen LogP contribution in [0.15, 0.2) is 39.4 Å². The number of phenols is 1. The number of phenolic OH excluding ortho intramolecular Hbond substituents is 1.